The van der Waals surface area contributed by atoms with E-state index in [1.165, 1.54) is 0 Å². The maximum absolute atomic E-state index is 10.5. The van der Waals surface area contributed by atoms with Crippen LogP contribution >= 0.6 is 11.6 Å². The van der Waals surface area contributed by atoms with Gasteiger partial charge in [0, 0.05) is 17.7 Å². The monoisotopic (exact) mass is 252 g/mol. The summed E-state index contributed by atoms with van der Waals surface area (Å²) in [4.78, 5) is 10.5. The Labute approximate surface area is 101 Å². The first kappa shape index (κ1) is 10.4. The van der Waals surface area contributed by atoms with Crippen LogP contribution in [0.5, 0.6) is 0 Å². The molecule has 0 atom stereocenters. The van der Waals surface area contributed by atoms with Crippen molar-refractivity contribution < 1.29 is 14.4 Å². The average Bonchev–Trinajstić information content (AvgIpc) is 2.98. The van der Waals surface area contributed by atoms with E-state index in [1.54, 1.807) is 12.1 Å². The number of carbonyl (C=O) groups is 1. The molecule has 1 aromatic heterocycles. The topological polar surface area (TPSA) is 75.4 Å². The van der Waals surface area contributed by atoms with Crippen LogP contribution in [0.2, 0.25) is 5.02 Å². The Hall–Kier alpha value is -1.75. The lowest BCUT2D eigenvalue weighted by Crippen LogP contribution is -2.06. The van der Waals surface area contributed by atoms with Crippen molar-refractivity contribution in [3.05, 3.63) is 22.8 Å². The van der Waals surface area contributed by atoms with Crippen molar-refractivity contribution in [1.29, 1.82) is 0 Å². The summed E-state index contributed by atoms with van der Waals surface area (Å²) in [5, 5.41) is 16.1. The highest BCUT2D eigenvalue weighted by Gasteiger charge is 2.30. The van der Waals surface area contributed by atoms with Crippen LogP contribution in [-0.4, -0.2) is 16.4 Å². The fourth-order valence-electron chi connectivity index (χ4n) is 1.88. The maximum atomic E-state index is 10.5. The van der Waals surface area contributed by atoms with Gasteiger partial charge in [-0.3, -0.25) is 5.32 Å². The molecular weight excluding hydrogens is 244 g/mol. The summed E-state index contributed by atoms with van der Waals surface area (Å²) in [6, 6.07) is 3.16. The molecule has 3 rings (SSSR count). The third-order valence-corrected chi connectivity index (χ3v) is 3.07. The smallest absolute Gasteiger partial charge is 0.409 e. The molecule has 0 spiro atoms. The molecule has 2 aromatic rings. The molecule has 0 bridgehead atoms. The first-order valence-electron chi connectivity index (χ1n) is 5.24. The lowest BCUT2D eigenvalue weighted by atomic mass is 10.1. The molecule has 1 heterocycles. The fraction of sp³-hybridized carbons (Fsp3) is 0.273. The average molecular weight is 253 g/mol. The van der Waals surface area contributed by atoms with E-state index in [2.05, 4.69) is 10.5 Å². The molecule has 6 heteroatoms. The minimum absolute atomic E-state index is 0.383. The van der Waals surface area contributed by atoms with Crippen LogP contribution in [0.25, 0.3) is 11.0 Å². The third kappa shape index (κ3) is 1.82. The van der Waals surface area contributed by atoms with Gasteiger partial charge in [-0.1, -0.05) is 16.8 Å². The molecule has 0 aliphatic heterocycles. The van der Waals surface area contributed by atoms with E-state index < -0.39 is 6.09 Å². The first-order chi connectivity index (χ1) is 8.15. The van der Waals surface area contributed by atoms with Gasteiger partial charge in [0.2, 0.25) is 0 Å². The third-order valence-electron chi connectivity index (χ3n) is 2.77. The largest absolute Gasteiger partial charge is 0.465 e. The van der Waals surface area contributed by atoms with Crippen LogP contribution in [0.3, 0.4) is 0 Å². The van der Waals surface area contributed by atoms with E-state index in [1.807, 2.05) is 0 Å². The number of carboxylic acid groups (broad SMARTS) is 1. The number of anilines is 1. The van der Waals surface area contributed by atoms with E-state index in [4.69, 9.17) is 21.2 Å². The van der Waals surface area contributed by atoms with Gasteiger partial charge in [-0.25, -0.2) is 4.79 Å². The minimum atomic E-state index is -1.14. The Bertz CT molecular complexity index is 604. The number of benzene rings is 1. The number of hydrogen-bond acceptors (Lipinski definition) is 3. The number of nitrogens with zero attached hydrogens (tertiary/aromatic N) is 1. The number of hydrogen-bond donors (Lipinski definition) is 2. The second-order valence-corrected chi connectivity index (χ2v) is 4.51. The zero-order valence-electron chi connectivity index (χ0n) is 8.74. The Balaban J connectivity index is 2.11. The normalized spacial score (nSPS) is 15.1. The van der Waals surface area contributed by atoms with E-state index in [0.717, 1.165) is 23.9 Å². The summed E-state index contributed by atoms with van der Waals surface area (Å²) in [5.74, 6) is 0.437. The van der Waals surface area contributed by atoms with Gasteiger partial charge in [0.15, 0.2) is 5.58 Å². The molecule has 1 aliphatic carbocycles. The molecular formula is C11H9ClN2O3. The van der Waals surface area contributed by atoms with Crippen molar-refractivity contribution >= 4 is 34.4 Å². The van der Waals surface area contributed by atoms with E-state index in [-0.39, 0.29) is 0 Å². The Morgan fingerprint density at radius 3 is 2.94 bits per heavy atom. The van der Waals surface area contributed by atoms with Gasteiger partial charge in [0.05, 0.1) is 16.1 Å². The lowest BCUT2D eigenvalue weighted by Gasteiger charge is -2.01. The van der Waals surface area contributed by atoms with Gasteiger partial charge in [-0.15, -0.1) is 0 Å². The second kappa shape index (κ2) is 3.63. The number of halogens is 1. The maximum Gasteiger partial charge on any atom is 0.409 e. The van der Waals surface area contributed by atoms with Crippen LogP contribution in [0.1, 0.15) is 24.5 Å². The molecule has 88 valence electrons. The van der Waals surface area contributed by atoms with E-state index in [0.29, 0.717) is 22.2 Å². The summed E-state index contributed by atoms with van der Waals surface area (Å²) in [6.07, 6.45) is 1.07. The van der Waals surface area contributed by atoms with Gasteiger partial charge in [-0.05, 0) is 18.9 Å². The molecule has 1 fully saturated rings. The molecule has 0 unspecified atom stereocenters. The Morgan fingerprint density at radius 1 is 1.53 bits per heavy atom. The molecule has 0 saturated heterocycles. The number of fused-ring (bicyclic) bond motifs is 1. The van der Waals surface area contributed by atoms with Crippen molar-refractivity contribution in [1.82, 2.24) is 5.16 Å². The molecule has 1 saturated carbocycles. The predicted molar refractivity (Wildman–Crippen MR) is 62.6 cm³/mol. The van der Waals surface area contributed by atoms with Gasteiger partial charge < -0.3 is 9.63 Å². The summed E-state index contributed by atoms with van der Waals surface area (Å²) in [5.41, 5.74) is 1.78. The summed E-state index contributed by atoms with van der Waals surface area (Å²) in [7, 11) is 0. The number of rotatable bonds is 2. The fourth-order valence-corrected chi connectivity index (χ4v) is 2.18. The zero-order valence-corrected chi connectivity index (χ0v) is 9.49. The van der Waals surface area contributed by atoms with Gasteiger partial charge >= 0.3 is 6.09 Å². The van der Waals surface area contributed by atoms with Crippen LogP contribution in [0, 0.1) is 0 Å². The highest BCUT2D eigenvalue weighted by Crippen LogP contribution is 2.44. The van der Waals surface area contributed by atoms with E-state index in [9.17, 15) is 4.79 Å². The molecule has 17 heavy (non-hydrogen) atoms. The molecule has 5 nitrogen and oxygen atoms in total. The highest BCUT2D eigenvalue weighted by molar-refractivity contribution is 6.36. The SMILES string of the molecule is O=C(O)Nc1cc(Cl)c2c(C3CC3)noc2c1. The quantitative estimate of drug-likeness (QED) is 0.858. The summed E-state index contributed by atoms with van der Waals surface area (Å²) < 4.78 is 5.19. The van der Waals surface area contributed by atoms with Crippen molar-refractivity contribution in [2.24, 2.45) is 0 Å². The van der Waals surface area contributed by atoms with Crippen LogP contribution in [-0.2, 0) is 0 Å². The van der Waals surface area contributed by atoms with Crippen LogP contribution in [0.15, 0.2) is 16.7 Å². The molecule has 0 radical (unpaired) electrons. The molecule has 2 N–H and O–H groups in total. The van der Waals surface area contributed by atoms with Gasteiger partial charge in [0.1, 0.15) is 0 Å². The van der Waals surface area contributed by atoms with Crippen molar-refractivity contribution in [2.45, 2.75) is 18.8 Å². The van der Waals surface area contributed by atoms with Crippen LogP contribution < -0.4 is 5.32 Å². The van der Waals surface area contributed by atoms with Crippen molar-refractivity contribution in [3.8, 4) is 0 Å². The van der Waals surface area contributed by atoms with Gasteiger partial charge in [-0.2, -0.15) is 0 Å². The molecule has 1 amide bonds. The number of nitrogens with one attached hydrogen (secondary N) is 1. The number of aromatic nitrogens is 1. The van der Waals surface area contributed by atoms with Crippen molar-refractivity contribution in [2.75, 3.05) is 5.32 Å². The summed E-state index contributed by atoms with van der Waals surface area (Å²) in [6.45, 7) is 0. The van der Waals surface area contributed by atoms with E-state index >= 15 is 0 Å². The number of amides is 1. The van der Waals surface area contributed by atoms with Crippen molar-refractivity contribution in [3.63, 3.8) is 0 Å². The molecule has 1 aromatic carbocycles. The Morgan fingerprint density at radius 2 is 2.29 bits per heavy atom. The lowest BCUT2D eigenvalue weighted by molar-refractivity contribution is 0.210. The minimum Gasteiger partial charge on any atom is -0.465 e. The Kier molecular flexibility index (Phi) is 2.22. The standard InChI is InChI=1S/C11H9ClN2O3/c12-7-3-6(13-11(15)16)4-8-9(7)10(14-17-8)5-1-2-5/h3-5,13H,1-2H2,(H,15,16). The molecule has 1 aliphatic rings. The van der Waals surface area contributed by atoms with Gasteiger partial charge in [0.25, 0.3) is 0 Å². The van der Waals surface area contributed by atoms with Crippen LogP contribution in [0.4, 0.5) is 10.5 Å². The zero-order chi connectivity index (χ0) is 12.0. The first-order valence-corrected chi connectivity index (χ1v) is 5.61. The summed E-state index contributed by atoms with van der Waals surface area (Å²) >= 11 is 6.13. The highest BCUT2D eigenvalue weighted by atomic mass is 35.5. The predicted octanol–water partition coefficient (Wildman–Crippen LogP) is 3.45. The second-order valence-electron chi connectivity index (χ2n) is 4.10.